The summed E-state index contributed by atoms with van der Waals surface area (Å²) in [6.07, 6.45) is 1.29. The number of hydrogen-bond donors (Lipinski definition) is 1. The molecule has 0 saturated heterocycles. The number of carbonyl (C=O) groups is 1. The lowest BCUT2D eigenvalue weighted by molar-refractivity contribution is -0.138. The summed E-state index contributed by atoms with van der Waals surface area (Å²) in [5, 5.41) is 9.74. The summed E-state index contributed by atoms with van der Waals surface area (Å²) in [5.41, 5.74) is 5.50. The molecule has 1 heterocycles. The van der Waals surface area contributed by atoms with Crippen LogP contribution in [0, 0.1) is 5.92 Å². The van der Waals surface area contributed by atoms with Crippen LogP contribution in [0.1, 0.15) is 62.8 Å². The fourth-order valence-electron chi connectivity index (χ4n) is 4.81. The van der Waals surface area contributed by atoms with Crippen molar-refractivity contribution < 1.29 is 19.1 Å². The van der Waals surface area contributed by atoms with Crippen molar-refractivity contribution in [2.45, 2.75) is 70.7 Å². The van der Waals surface area contributed by atoms with Crippen LogP contribution in [-0.2, 0) is 15.6 Å². The Labute approximate surface area is 222 Å². The average Bonchev–Trinajstić information content (AvgIpc) is 2.86. The Balaban J connectivity index is 1.64. The van der Waals surface area contributed by atoms with Crippen LogP contribution in [0.5, 0.6) is 5.75 Å². The predicted octanol–water partition coefficient (Wildman–Crippen LogP) is 8.25. The van der Waals surface area contributed by atoms with Crippen LogP contribution in [0.15, 0.2) is 72.8 Å². The van der Waals surface area contributed by atoms with E-state index in [1.165, 1.54) is 16.7 Å². The van der Waals surface area contributed by atoms with Crippen molar-refractivity contribution in [1.82, 2.24) is 0 Å². The van der Waals surface area contributed by atoms with Crippen LogP contribution in [0.3, 0.4) is 0 Å². The first kappa shape index (κ1) is 27.1. The van der Waals surface area contributed by atoms with Gasteiger partial charge in [-0.15, -0.1) is 0 Å². The van der Waals surface area contributed by atoms with Gasteiger partial charge < -0.3 is 14.3 Å². The monoisotopic (exact) mass is 516 g/mol. The lowest BCUT2D eigenvalue weighted by Gasteiger charge is -2.43. The van der Waals surface area contributed by atoms with Gasteiger partial charge in [0, 0.05) is 11.5 Å². The van der Waals surface area contributed by atoms with Gasteiger partial charge in [-0.1, -0.05) is 94.4 Å². The second kappa shape index (κ2) is 10.8. The van der Waals surface area contributed by atoms with Crippen molar-refractivity contribution in [3.63, 3.8) is 0 Å². The van der Waals surface area contributed by atoms with Crippen molar-refractivity contribution in [1.29, 1.82) is 0 Å². The average molecular weight is 517 g/mol. The molecule has 5 heteroatoms. The van der Waals surface area contributed by atoms with Crippen LogP contribution in [0.2, 0.25) is 18.1 Å². The molecule has 3 unspecified atom stereocenters. The van der Waals surface area contributed by atoms with Crippen molar-refractivity contribution >= 4 is 14.3 Å². The molecule has 0 spiro atoms. The van der Waals surface area contributed by atoms with Crippen molar-refractivity contribution in [2.75, 3.05) is 6.61 Å². The quantitative estimate of drug-likeness (QED) is 0.306. The molecule has 4 rings (SSSR count). The van der Waals surface area contributed by atoms with Gasteiger partial charge in [0.1, 0.15) is 5.75 Å². The second-order valence-corrected chi connectivity index (χ2v) is 16.5. The maximum Gasteiger partial charge on any atom is 0.310 e. The molecule has 3 aromatic rings. The molecule has 0 bridgehead atoms. The number of carboxylic acids is 1. The zero-order valence-electron chi connectivity index (χ0n) is 23.0. The molecule has 3 aromatic carbocycles. The maximum absolute atomic E-state index is 11.8. The number of hydrogen-bond acceptors (Lipinski definition) is 3. The number of aliphatic carboxylic acids is 1. The molecule has 0 aromatic heterocycles. The van der Waals surface area contributed by atoms with Crippen molar-refractivity contribution in [3.8, 4) is 16.9 Å². The molecule has 0 fully saturated rings. The lowest BCUT2D eigenvalue weighted by Crippen LogP contribution is -2.45. The summed E-state index contributed by atoms with van der Waals surface area (Å²) in [6.45, 7) is 13.8. The Hall–Kier alpha value is -2.89. The van der Waals surface area contributed by atoms with E-state index in [4.69, 9.17) is 9.16 Å². The van der Waals surface area contributed by atoms with Gasteiger partial charge in [-0.3, -0.25) is 4.79 Å². The highest BCUT2D eigenvalue weighted by Gasteiger charge is 2.43. The molecule has 3 atom stereocenters. The molecule has 1 N–H and O–H groups in total. The second-order valence-electron chi connectivity index (χ2n) is 11.7. The van der Waals surface area contributed by atoms with E-state index in [9.17, 15) is 9.90 Å². The van der Waals surface area contributed by atoms with Gasteiger partial charge in [-0.05, 0) is 59.3 Å². The Morgan fingerprint density at radius 3 is 2.27 bits per heavy atom. The van der Waals surface area contributed by atoms with E-state index in [1.54, 1.807) is 0 Å². The van der Waals surface area contributed by atoms with Gasteiger partial charge in [0.05, 0.1) is 18.6 Å². The first-order valence-corrected chi connectivity index (χ1v) is 16.2. The van der Waals surface area contributed by atoms with Gasteiger partial charge in [0.2, 0.25) is 0 Å². The molecule has 0 radical (unpaired) electrons. The lowest BCUT2D eigenvalue weighted by atomic mass is 9.86. The van der Waals surface area contributed by atoms with Crippen molar-refractivity contribution in [2.24, 2.45) is 5.92 Å². The zero-order chi connectivity index (χ0) is 26.8. The SMILES string of the molecule is CCC(C(=O)O)c1ccc2c(c1)OCC(Cc1ccc(-c3ccccc3)cc1)C2O[Si](C)(C)C(C)(C)C. The molecule has 196 valence electrons. The standard InChI is InChI=1S/C32H40O4Si/c1-7-27(31(33)34)25-17-18-28-29(20-25)35-21-26(30(28)36-37(5,6)32(2,3)4)19-22-13-15-24(16-14-22)23-11-9-8-10-12-23/h8-18,20,26-27,30H,7,19,21H2,1-6H3,(H,33,34). The Bertz CT molecular complexity index is 1210. The summed E-state index contributed by atoms with van der Waals surface area (Å²) in [6, 6.07) is 25.1. The topological polar surface area (TPSA) is 55.8 Å². The maximum atomic E-state index is 11.8. The van der Waals surface area contributed by atoms with E-state index in [-0.39, 0.29) is 17.1 Å². The van der Waals surface area contributed by atoms with E-state index in [0.29, 0.717) is 13.0 Å². The third-order valence-electron chi connectivity index (χ3n) is 8.12. The summed E-state index contributed by atoms with van der Waals surface area (Å²) < 4.78 is 13.4. The molecule has 4 nitrogen and oxygen atoms in total. The number of rotatable bonds is 8. The number of ether oxygens (including phenoxy) is 1. The van der Waals surface area contributed by atoms with Gasteiger partial charge in [0.15, 0.2) is 8.32 Å². The summed E-state index contributed by atoms with van der Waals surface area (Å²) in [7, 11) is -2.08. The smallest absolute Gasteiger partial charge is 0.310 e. The van der Waals surface area contributed by atoms with E-state index < -0.39 is 20.2 Å². The highest BCUT2D eigenvalue weighted by atomic mass is 28.4. The first-order valence-electron chi connectivity index (χ1n) is 13.3. The highest BCUT2D eigenvalue weighted by Crippen LogP contribution is 2.46. The van der Waals surface area contributed by atoms with Crippen LogP contribution >= 0.6 is 0 Å². The molecule has 0 aliphatic carbocycles. The summed E-state index contributed by atoms with van der Waals surface area (Å²) in [5.74, 6) is -0.410. The van der Waals surface area contributed by atoms with Crippen LogP contribution in [0.4, 0.5) is 0 Å². The molecular formula is C32H40O4Si. The highest BCUT2D eigenvalue weighted by molar-refractivity contribution is 6.74. The van der Waals surface area contributed by atoms with Crippen LogP contribution in [0.25, 0.3) is 11.1 Å². The van der Waals surface area contributed by atoms with Crippen LogP contribution < -0.4 is 4.74 Å². The third kappa shape index (κ3) is 5.99. The zero-order valence-corrected chi connectivity index (χ0v) is 24.0. The Kier molecular flexibility index (Phi) is 7.96. The molecule has 0 saturated carbocycles. The van der Waals surface area contributed by atoms with E-state index in [2.05, 4.69) is 82.4 Å². The molecule has 1 aliphatic rings. The fourth-order valence-corrected chi connectivity index (χ4v) is 6.11. The Morgan fingerprint density at radius 1 is 1.03 bits per heavy atom. The normalized spacial score (nSPS) is 18.5. The molecular weight excluding hydrogens is 476 g/mol. The van der Waals surface area contributed by atoms with Gasteiger partial charge in [0.25, 0.3) is 0 Å². The summed E-state index contributed by atoms with van der Waals surface area (Å²) >= 11 is 0. The first-order chi connectivity index (χ1) is 17.5. The van der Waals surface area contributed by atoms with Crippen molar-refractivity contribution in [3.05, 3.63) is 89.5 Å². The third-order valence-corrected chi connectivity index (χ3v) is 12.6. The van der Waals surface area contributed by atoms with E-state index in [0.717, 1.165) is 23.3 Å². The molecule has 0 amide bonds. The van der Waals surface area contributed by atoms with E-state index in [1.807, 2.05) is 31.2 Å². The Morgan fingerprint density at radius 2 is 1.68 bits per heavy atom. The largest absolute Gasteiger partial charge is 0.493 e. The molecule has 37 heavy (non-hydrogen) atoms. The van der Waals surface area contributed by atoms with Gasteiger partial charge in [-0.25, -0.2) is 0 Å². The number of carboxylic acid groups (broad SMARTS) is 1. The minimum atomic E-state index is -2.08. The number of benzene rings is 3. The van der Waals surface area contributed by atoms with E-state index >= 15 is 0 Å². The minimum Gasteiger partial charge on any atom is -0.493 e. The number of fused-ring (bicyclic) bond motifs is 1. The van der Waals surface area contributed by atoms with Gasteiger partial charge >= 0.3 is 5.97 Å². The van der Waals surface area contributed by atoms with Gasteiger partial charge in [-0.2, -0.15) is 0 Å². The van der Waals surface area contributed by atoms with Crippen LogP contribution in [-0.4, -0.2) is 26.0 Å². The minimum absolute atomic E-state index is 0.0733. The predicted molar refractivity (Wildman–Crippen MR) is 153 cm³/mol. The fraction of sp³-hybridized carbons (Fsp3) is 0.406. The molecule has 1 aliphatic heterocycles. The summed E-state index contributed by atoms with van der Waals surface area (Å²) in [4.78, 5) is 11.8.